The summed E-state index contributed by atoms with van der Waals surface area (Å²) in [6.45, 7) is 1.58. The van der Waals surface area contributed by atoms with Crippen LogP contribution in [0.5, 0.6) is 0 Å². The molecule has 1 amide bonds. The molecule has 1 aliphatic rings. The number of sulfonamides is 1. The average Bonchev–Trinajstić information content (AvgIpc) is 2.46. The first kappa shape index (κ1) is 15.9. The van der Waals surface area contributed by atoms with Gasteiger partial charge in [-0.25, -0.2) is 12.7 Å². The third kappa shape index (κ3) is 5.09. The van der Waals surface area contributed by atoms with Crippen LogP contribution in [0.15, 0.2) is 24.4 Å². The number of carbonyl (C=O) groups is 1. The second kappa shape index (κ2) is 7.00. The van der Waals surface area contributed by atoms with Crippen molar-refractivity contribution in [1.82, 2.24) is 14.6 Å². The van der Waals surface area contributed by atoms with E-state index in [4.69, 9.17) is 0 Å². The molecule has 7 heteroatoms. The minimum absolute atomic E-state index is 0.0785. The zero-order valence-electron chi connectivity index (χ0n) is 12.2. The normalized spacial score (nSPS) is 20.1. The van der Waals surface area contributed by atoms with Gasteiger partial charge < -0.3 is 5.32 Å². The number of hydrogen-bond acceptors (Lipinski definition) is 4. The molecule has 6 nitrogen and oxygen atoms in total. The summed E-state index contributed by atoms with van der Waals surface area (Å²) in [6, 6.07) is 5.47. The van der Waals surface area contributed by atoms with Gasteiger partial charge in [0.05, 0.1) is 12.7 Å². The number of carbonyl (C=O) groups excluding carboxylic acids is 1. The van der Waals surface area contributed by atoms with Crippen LogP contribution in [0.2, 0.25) is 0 Å². The van der Waals surface area contributed by atoms with Gasteiger partial charge in [-0.15, -0.1) is 0 Å². The summed E-state index contributed by atoms with van der Waals surface area (Å²) in [5, 5.41) is 2.87. The maximum Gasteiger partial charge on any atom is 0.226 e. The van der Waals surface area contributed by atoms with Gasteiger partial charge in [0.2, 0.25) is 15.9 Å². The molecule has 0 saturated carbocycles. The Morgan fingerprint density at radius 1 is 1.48 bits per heavy atom. The van der Waals surface area contributed by atoms with Crippen LogP contribution in [0.3, 0.4) is 0 Å². The van der Waals surface area contributed by atoms with E-state index >= 15 is 0 Å². The highest BCUT2D eigenvalue weighted by Crippen LogP contribution is 2.17. The summed E-state index contributed by atoms with van der Waals surface area (Å²) in [4.78, 5) is 16.0. The Balaban J connectivity index is 1.79. The van der Waals surface area contributed by atoms with E-state index in [1.807, 2.05) is 18.2 Å². The Morgan fingerprint density at radius 2 is 2.29 bits per heavy atom. The molecular weight excluding hydrogens is 290 g/mol. The van der Waals surface area contributed by atoms with Gasteiger partial charge in [0, 0.05) is 31.5 Å². The number of pyridine rings is 1. The van der Waals surface area contributed by atoms with E-state index in [1.165, 1.54) is 10.6 Å². The van der Waals surface area contributed by atoms with Gasteiger partial charge in [0.25, 0.3) is 0 Å². The van der Waals surface area contributed by atoms with Gasteiger partial charge >= 0.3 is 0 Å². The number of piperidine rings is 1. The molecule has 1 aromatic rings. The first-order chi connectivity index (χ1) is 9.95. The van der Waals surface area contributed by atoms with Crippen molar-refractivity contribution in [2.75, 3.05) is 25.9 Å². The fraction of sp³-hybridized carbons (Fsp3) is 0.571. The topological polar surface area (TPSA) is 79.4 Å². The predicted octanol–water partition coefficient (Wildman–Crippen LogP) is 0.412. The molecule has 0 aliphatic carbocycles. The van der Waals surface area contributed by atoms with Crippen molar-refractivity contribution in [1.29, 1.82) is 0 Å². The monoisotopic (exact) mass is 311 g/mol. The van der Waals surface area contributed by atoms with Crippen molar-refractivity contribution in [2.24, 2.45) is 5.92 Å². The molecule has 1 atom stereocenters. The Hall–Kier alpha value is -1.47. The summed E-state index contributed by atoms with van der Waals surface area (Å²) >= 11 is 0. The van der Waals surface area contributed by atoms with E-state index in [1.54, 1.807) is 6.20 Å². The molecule has 1 unspecified atom stereocenters. The zero-order valence-corrected chi connectivity index (χ0v) is 13.0. The van der Waals surface area contributed by atoms with Crippen molar-refractivity contribution in [3.8, 4) is 0 Å². The van der Waals surface area contributed by atoms with Crippen molar-refractivity contribution >= 4 is 15.9 Å². The van der Waals surface area contributed by atoms with Crippen molar-refractivity contribution < 1.29 is 13.2 Å². The van der Waals surface area contributed by atoms with Gasteiger partial charge in [-0.3, -0.25) is 9.78 Å². The van der Waals surface area contributed by atoms with E-state index in [-0.39, 0.29) is 18.2 Å². The fourth-order valence-electron chi connectivity index (χ4n) is 2.48. The lowest BCUT2D eigenvalue weighted by molar-refractivity contribution is -0.120. The molecule has 1 N–H and O–H groups in total. The highest BCUT2D eigenvalue weighted by Gasteiger charge is 2.25. The highest BCUT2D eigenvalue weighted by atomic mass is 32.2. The Bertz CT molecular complexity index is 574. The standard InChI is InChI=1S/C14H21N3O3S/c1-21(19,20)17-8-4-5-12(11-17)10-16-14(18)9-13-6-2-3-7-15-13/h2-3,6-7,12H,4-5,8-11H2,1H3,(H,16,18). The van der Waals surface area contributed by atoms with Gasteiger partial charge in [0.15, 0.2) is 0 Å². The van der Waals surface area contributed by atoms with E-state index in [0.717, 1.165) is 18.5 Å². The van der Waals surface area contributed by atoms with Crippen molar-refractivity contribution in [3.63, 3.8) is 0 Å². The van der Waals surface area contributed by atoms with Gasteiger partial charge in [0.1, 0.15) is 0 Å². The third-order valence-electron chi connectivity index (χ3n) is 3.61. The maximum atomic E-state index is 11.9. The molecule has 1 aliphatic heterocycles. The minimum atomic E-state index is -3.14. The molecule has 1 saturated heterocycles. The van der Waals surface area contributed by atoms with Crippen LogP contribution in [0.25, 0.3) is 0 Å². The Labute approximate surface area is 125 Å². The van der Waals surface area contributed by atoms with Crippen molar-refractivity contribution in [2.45, 2.75) is 19.3 Å². The maximum absolute atomic E-state index is 11.9. The lowest BCUT2D eigenvalue weighted by atomic mass is 10.00. The number of hydrogen-bond donors (Lipinski definition) is 1. The van der Waals surface area contributed by atoms with Crippen LogP contribution in [-0.4, -0.2) is 49.5 Å². The quantitative estimate of drug-likeness (QED) is 0.854. The van der Waals surface area contributed by atoms with Crippen LogP contribution < -0.4 is 5.32 Å². The van der Waals surface area contributed by atoms with Gasteiger partial charge in [-0.05, 0) is 30.9 Å². The summed E-state index contributed by atoms with van der Waals surface area (Å²) < 4.78 is 24.6. The third-order valence-corrected chi connectivity index (χ3v) is 4.88. The molecule has 2 rings (SSSR count). The summed E-state index contributed by atoms with van der Waals surface area (Å²) in [7, 11) is -3.14. The average molecular weight is 311 g/mol. The lowest BCUT2D eigenvalue weighted by Crippen LogP contribution is -2.43. The van der Waals surface area contributed by atoms with Crippen LogP contribution in [-0.2, 0) is 21.2 Å². The Morgan fingerprint density at radius 3 is 2.95 bits per heavy atom. The van der Waals surface area contributed by atoms with Gasteiger partial charge in [-0.1, -0.05) is 6.07 Å². The van der Waals surface area contributed by atoms with E-state index in [2.05, 4.69) is 10.3 Å². The number of aromatic nitrogens is 1. The second-order valence-electron chi connectivity index (χ2n) is 5.43. The number of nitrogens with zero attached hydrogens (tertiary/aromatic N) is 2. The SMILES string of the molecule is CS(=O)(=O)N1CCCC(CNC(=O)Cc2ccccn2)C1. The van der Waals surface area contributed by atoms with Crippen LogP contribution in [0, 0.1) is 5.92 Å². The molecule has 2 heterocycles. The van der Waals surface area contributed by atoms with Crippen LogP contribution in [0.4, 0.5) is 0 Å². The molecule has 0 bridgehead atoms. The number of amides is 1. The molecular formula is C14H21N3O3S. The predicted molar refractivity (Wildman–Crippen MR) is 80.1 cm³/mol. The number of rotatable bonds is 5. The summed E-state index contributed by atoms with van der Waals surface area (Å²) in [6.07, 6.45) is 4.93. The summed E-state index contributed by atoms with van der Waals surface area (Å²) in [5.41, 5.74) is 0.733. The highest BCUT2D eigenvalue weighted by molar-refractivity contribution is 7.88. The van der Waals surface area contributed by atoms with Crippen LogP contribution >= 0.6 is 0 Å². The molecule has 0 aromatic carbocycles. The fourth-order valence-corrected chi connectivity index (χ4v) is 3.42. The Kier molecular flexibility index (Phi) is 5.30. The second-order valence-corrected chi connectivity index (χ2v) is 7.41. The minimum Gasteiger partial charge on any atom is -0.355 e. The number of nitrogens with one attached hydrogen (secondary N) is 1. The first-order valence-electron chi connectivity index (χ1n) is 7.07. The molecule has 116 valence electrons. The van der Waals surface area contributed by atoms with E-state index < -0.39 is 10.0 Å². The van der Waals surface area contributed by atoms with Gasteiger partial charge in [-0.2, -0.15) is 0 Å². The molecule has 1 fully saturated rings. The molecule has 0 spiro atoms. The smallest absolute Gasteiger partial charge is 0.226 e. The zero-order chi connectivity index (χ0) is 15.3. The molecule has 0 radical (unpaired) electrons. The lowest BCUT2D eigenvalue weighted by Gasteiger charge is -2.30. The van der Waals surface area contributed by atoms with Crippen molar-refractivity contribution in [3.05, 3.63) is 30.1 Å². The van der Waals surface area contributed by atoms with Crippen LogP contribution in [0.1, 0.15) is 18.5 Å². The largest absolute Gasteiger partial charge is 0.355 e. The first-order valence-corrected chi connectivity index (χ1v) is 8.91. The molecule has 1 aromatic heterocycles. The van der Waals surface area contributed by atoms with E-state index in [0.29, 0.717) is 19.6 Å². The molecule has 21 heavy (non-hydrogen) atoms. The van der Waals surface area contributed by atoms with E-state index in [9.17, 15) is 13.2 Å². The summed E-state index contributed by atoms with van der Waals surface area (Å²) in [5.74, 6) is 0.103.